The molecule has 0 saturated carbocycles. The highest BCUT2D eigenvalue weighted by molar-refractivity contribution is 7.10. The number of benzene rings is 2. The van der Waals surface area contributed by atoms with E-state index in [1.165, 1.54) is 28.0 Å². The Morgan fingerprint density at radius 3 is 2.84 bits per heavy atom. The smallest absolute Gasteiger partial charge is 0.241 e. The minimum Gasteiger partial charge on any atom is -0.324 e. The monoisotopic (exact) mass is 445 g/mol. The Balaban J connectivity index is 1.40. The van der Waals surface area contributed by atoms with E-state index >= 15 is 0 Å². The van der Waals surface area contributed by atoms with Gasteiger partial charge in [0.1, 0.15) is 0 Å². The van der Waals surface area contributed by atoms with Crippen molar-refractivity contribution in [2.75, 3.05) is 16.8 Å². The second-order valence-electron chi connectivity index (χ2n) is 8.59. The fourth-order valence-electron chi connectivity index (χ4n) is 4.85. The number of hydrogen-bond acceptors (Lipinski definition) is 4. The summed E-state index contributed by atoms with van der Waals surface area (Å²) in [5.74, 6) is -0.105. The van der Waals surface area contributed by atoms with Crippen LogP contribution in [-0.2, 0) is 22.4 Å². The molecule has 2 atom stereocenters. The van der Waals surface area contributed by atoms with Gasteiger partial charge in [0.2, 0.25) is 11.8 Å². The quantitative estimate of drug-likeness (QED) is 0.599. The molecule has 1 aliphatic carbocycles. The largest absolute Gasteiger partial charge is 0.324 e. The zero-order valence-electron chi connectivity index (χ0n) is 18.1. The van der Waals surface area contributed by atoms with Crippen LogP contribution in [-0.4, -0.2) is 24.4 Å². The number of anilines is 2. The van der Waals surface area contributed by atoms with Gasteiger partial charge in [-0.05, 0) is 66.5 Å². The number of para-hydroxylation sites is 2. The summed E-state index contributed by atoms with van der Waals surface area (Å²) in [7, 11) is 0. The van der Waals surface area contributed by atoms with Crippen molar-refractivity contribution in [2.45, 2.75) is 44.7 Å². The van der Waals surface area contributed by atoms with Crippen LogP contribution in [0.2, 0.25) is 0 Å². The van der Waals surface area contributed by atoms with Crippen LogP contribution in [0.5, 0.6) is 0 Å². The van der Waals surface area contributed by atoms with E-state index in [1.807, 2.05) is 37.3 Å². The Hall–Kier alpha value is -2.96. The molecule has 6 heteroatoms. The van der Waals surface area contributed by atoms with Crippen molar-refractivity contribution in [1.29, 1.82) is 0 Å². The Kier molecular flexibility index (Phi) is 5.81. The normalized spacial score (nSPS) is 18.5. The molecule has 1 aliphatic heterocycles. The summed E-state index contributed by atoms with van der Waals surface area (Å²) in [4.78, 5) is 28.7. The van der Waals surface area contributed by atoms with Crippen molar-refractivity contribution in [2.24, 2.45) is 0 Å². The van der Waals surface area contributed by atoms with Gasteiger partial charge in [-0.3, -0.25) is 14.9 Å². The Labute approximate surface area is 192 Å². The highest BCUT2D eigenvalue weighted by atomic mass is 32.1. The molecular weight excluding hydrogens is 418 g/mol. The number of amides is 2. The standard InChI is InChI=1S/C26H27N3O2S/c1-17-14-24(30)28-21-8-2-3-9-22(21)29(17)25(31)16-27-26(23-10-5-13-32-23)20-12-11-18-6-4-7-19(18)15-20/h2-3,5,8-13,15,17,26-27H,4,6-7,14,16H2,1H3,(H,28,30)/t17-,26+/m0/s1. The molecule has 2 aromatic carbocycles. The zero-order chi connectivity index (χ0) is 22.1. The number of thiophene rings is 1. The van der Waals surface area contributed by atoms with E-state index in [-0.39, 0.29) is 36.9 Å². The number of carbonyl (C=O) groups excluding carboxylic acids is 2. The second-order valence-corrected chi connectivity index (χ2v) is 9.57. The maximum atomic E-state index is 13.5. The summed E-state index contributed by atoms with van der Waals surface area (Å²) >= 11 is 1.70. The molecule has 1 aromatic heterocycles. The first-order chi connectivity index (χ1) is 15.6. The second kappa shape index (κ2) is 8.88. The number of hydrogen-bond donors (Lipinski definition) is 2. The first-order valence-electron chi connectivity index (χ1n) is 11.2. The van der Waals surface area contributed by atoms with Gasteiger partial charge in [-0.2, -0.15) is 0 Å². The van der Waals surface area contributed by atoms with Crippen LogP contribution in [0.1, 0.15) is 47.4 Å². The Morgan fingerprint density at radius 2 is 2.00 bits per heavy atom. The van der Waals surface area contributed by atoms with Gasteiger partial charge in [0.05, 0.1) is 24.0 Å². The summed E-state index contributed by atoms with van der Waals surface area (Å²) in [5, 5.41) is 8.52. The zero-order valence-corrected chi connectivity index (χ0v) is 19.0. The van der Waals surface area contributed by atoms with Crippen molar-refractivity contribution >= 4 is 34.5 Å². The van der Waals surface area contributed by atoms with Crippen LogP contribution in [0.25, 0.3) is 0 Å². The number of nitrogens with zero attached hydrogens (tertiary/aromatic N) is 1. The molecule has 2 aliphatic rings. The van der Waals surface area contributed by atoms with Crippen LogP contribution in [0.3, 0.4) is 0 Å². The molecule has 32 heavy (non-hydrogen) atoms. The molecular formula is C26H27N3O2S. The molecule has 0 spiro atoms. The summed E-state index contributed by atoms with van der Waals surface area (Å²) in [6.07, 6.45) is 3.78. The van der Waals surface area contributed by atoms with Gasteiger partial charge < -0.3 is 10.2 Å². The van der Waals surface area contributed by atoms with Gasteiger partial charge in [-0.15, -0.1) is 11.3 Å². The highest BCUT2D eigenvalue weighted by Gasteiger charge is 2.30. The topological polar surface area (TPSA) is 61.4 Å². The lowest BCUT2D eigenvalue weighted by atomic mass is 10.00. The average molecular weight is 446 g/mol. The van der Waals surface area contributed by atoms with E-state index < -0.39 is 0 Å². The summed E-state index contributed by atoms with van der Waals surface area (Å²) < 4.78 is 0. The fraction of sp³-hybridized carbons (Fsp3) is 0.308. The van der Waals surface area contributed by atoms with Crippen molar-refractivity contribution in [3.05, 3.63) is 81.5 Å². The van der Waals surface area contributed by atoms with Crippen LogP contribution < -0.4 is 15.5 Å². The molecule has 0 unspecified atom stereocenters. The molecule has 0 bridgehead atoms. The number of nitrogens with one attached hydrogen (secondary N) is 2. The lowest BCUT2D eigenvalue weighted by molar-refractivity contribution is -0.118. The molecule has 2 amide bonds. The number of rotatable bonds is 5. The van der Waals surface area contributed by atoms with Crippen LogP contribution in [0.15, 0.2) is 60.0 Å². The maximum Gasteiger partial charge on any atom is 0.241 e. The van der Waals surface area contributed by atoms with Gasteiger partial charge in [0.15, 0.2) is 0 Å². The molecule has 0 radical (unpaired) electrons. The third-order valence-corrected chi connectivity index (χ3v) is 7.31. The molecule has 0 saturated heterocycles. The van der Waals surface area contributed by atoms with E-state index in [4.69, 9.17) is 0 Å². The summed E-state index contributed by atoms with van der Waals surface area (Å²) in [5.41, 5.74) is 5.51. The van der Waals surface area contributed by atoms with Crippen molar-refractivity contribution < 1.29 is 9.59 Å². The molecule has 3 aromatic rings. The number of aryl methyl sites for hydroxylation is 2. The predicted molar refractivity (Wildman–Crippen MR) is 129 cm³/mol. The van der Waals surface area contributed by atoms with Crippen LogP contribution in [0.4, 0.5) is 11.4 Å². The first kappa shape index (κ1) is 20.9. The number of carbonyl (C=O) groups is 2. The fourth-order valence-corrected chi connectivity index (χ4v) is 5.68. The Morgan fingerprint density at radius 1 is 1.16 bits per heavy atom. The van der Waals surface area contributed by atoms with E-state index in [0.29, 0.717) is 5.69 Å². The van der Waals surface area contributed by atoms with Gasteiger partial charge in [0, 0.05) is 17.3 Å². The minimum absolute atomic E-state index is 0.0378. The van der Waals surface area contributed by atoms with E-state index in [0.717, 1.165) is 18.5 Å². The Bertz CT molecular complexity index is 1140. The van der Waals surface area contributed by atoms with Crippen molar-refractivity contribution in [1.82, 2.24) is 5.32 Å². The predicted octanol–water partition coefficient (Wildman–Crippen LogP) is 4.68. The SMILES string of the molecule is C[C@H]1CC(=O)Nc2ccccc2N1C(=O)CN[C@H](c1ccc2c(c1)CCC2)c1cccs1. The maximum absolute atomic E-state index is 13.5. The van der Waals surface area contributed by atoms with E-state index in [9.17, 15) is 9.59 Å². The van der Waals surface area contributed by atoms with E-state index in [2.05, 4.69) is 40.3 Å². The number of fused-ring (bicyclic) bond motifs is 2. The first-order valence-corrected chi connectivity index (χ1v) is 12.1. The minimum atomic E-state index is -0.215. The van der Waals surface area contributed by atoms with Crippen molar-refractivity contribution in [3.8, 4) is 0 Å². The molecule has 0 fully saturated rings. The van der Waals surface area contributed by atoms with Gasteiger partial charge in [-0.25, -0.2) is 0 Å². The van der Waals surface area contributed by atoms with Gasteiger partial charge >= 0.3 is 0 Å². The molecule has 5 rings (SSSR count). The summed E-state index contributed by atoms with van der Waals surface area (Å²) in [6.45, 7) is 2.11. The van der Waals surface area contributed by atoms with Crippen molar-refractivity contribution in [3.63, 3.8) is 0 Å². The molecule has 5 nitrogen and oxygen atoms in total. The third kappa shape index (κ3) is 4.08. The summed E-state index contributed by atoms with van der Waals surface area (Å²) in [6, 6.07) is 18.2. The van der Waals surface area contributed by atoms with Gasteiger partial charge in [-0.1, -0.05) is 36.4 Å². The van der Waals surface area contributed by atoms with Gasteiger partial charge in [0.25, 0.3) is 0 Å². The third-order valence-electron chi connectivity index (χ3n) is 6.37. The molecule has 164 valence electrons. The lowest BCUT2D eigenvalue weighted by Gasteiger charge is -2.29. The molecule has 2 N–H and O–H groups in total. The lowest BCUT2D eigenvalue weighted by Crippen LogP contribution is -2.44. The van der Waals surface area contributed by atoms with Crippen LogP contribution >= 0.6 is 11.3 Å². The van der Waals surface area contributed by atoms with E-state index in [1.54, 1.807) is 16.2 Å². The average Bonchev–Trinajstić information content (AvgIpc) is 3.45. The highest BCUT2D eigenvalue weighted by Crippen LogP contribution is 2.33. The molecule has 2 heterocycles. The van der Waals surface area contributed by atoms with Crippen LogP contribution in [0, 0.1) is 0 Å².